The van der Waals surface area contributed by atoms with E-state index in [1.807, 2.05) is 0 Å². The average molecular weight is 224 g/mol. The molecule has 1 amide bonds. The molecule has 0 aliphatic carbocycles. The molecule has 1 aromatic heterocycles. The van der Waals surface area contributed by atoms with Crippen molar-refractivity contribution in [1.29, 1.82) is 0 Å². The van der Waals surface area contributed by atoms with Gasteiger partial charge >= 0.3 is 0 Å². The van der Waals surface area contributed by atoms with Gasteiger partial charge in [-0.3, -0.25) is 4.79 Å². The van der Waals surface area contributed by atoms with Gasteiger partial charge in [0.1, 0.15) is 5.82 Å². The lowest BCUT2D eigenvalue weighted by atomic mass is 10.2. The first kappa shape index (κ1) is 12.7. The fourth-order valence-electron chi connectivity index (χ4n) is 1.49. The zero-order valence-corrected chi connectivity index (χ0v) is 9.78. The summed E-state index contributed by atoms with van der Waals surface area (Å²) in [5.41, 5.74) is 5.39. The summed E-state index contributed by atoms with van der Waals surface area (Å²) in [6, 6.07) is 0. The zero-order chi connectivity index (χ0) is 11.8. The third kappa shape index (κ3) is 4.44. The molecule has 0 aromatic carbocycles. The third-order valence-corrected chi connectivity index (χ3v) is 2.46. The van der Waals surface area contributed by atoms with E-state index in [1.54, 1.807) is 24.3 Å². The van der Waals surface area contributed by atoms with Gasteiger partial charge in [0.25, 0.3) is 0 Å². The van der Waals surface area contributed by atoms with Crippen molar-refractivity contribution in [2.45, 2.75) is 32.2 Å². The maximum absolute atomic E-state index is 11.7. The molecule has 3 N–H and O–H groups in total. The quantitative estimate of drug-likeness (QED) is 0.675. The Morgan fingerprint density at radius 1 is 1.50 bits per heavy atom. The molecule has 1 heterocycles. The monoisotopic (exact) mass is 224 g/mol. The number of hydrogen-bond donors (Lipinski definition) is 2. The fourth-order valence-corrected chi connectivity index (χ4v) is 1.49. The van der Waals surface area contributed by atoms with Crippen LogP contribution in [0.15, 0.2) is 12.4 Å². The summed E-state index contributed by atoms with van der Waals surface area (Å²) in [5.74, 6) is 0.978. The largest absolute Gasteiger partial charge is 0.347 e. The van der Waals surface area contributed by atoms with Gasteiger partial charge in [-0.25, -0.2) is 4.98 Å². The molecule has 1 aromatic rings. The number of nitrogens with one attached hydrogen (secondary N) is 1. The second-order valence-corrected chi connectivity index (χ2v) is 3.89. The van der Waals surface area contributed by atoms with Crippen molar-refractivity contribution >= 4 is 5.91 Å². The number of nitrogens with zero attached hydrogens (tertiary/aromatic N) is 2. The van der Waals surface area contributed by atoms with E-state index in [4.69, 9.17) is 5.73 Å². The van der Waals surface area contributed by atoms with Gasteiger partial charge < -0.3 is 15.6 Å². The fraction of sp³-hybridized carbons (Fsp3) is 0.636. The molecule has 0 saturated carbocycles. The molecule has 5 heteroatoms. The molecule has 0 saturated heterocycles. The van der Waals surface area contributed by atoms with Crippen molar-refractivity contribution in [2.75, 3.05) is 13.6 Å². The molecule has 0 aliphatic rings. The minimum atomic E-state index is 0.161. The van der Waals surface area contributed by atoms with Crippen LogP contribution in [0.25, 0.3) is 0 Å². The predicted molar refractivity (Wildman–Crippen MR) is 62.6 cm³/mol. The second kappa shape index (κ2) is 7.00. The molecule has 0 fully saturated rings. The Kier molecular flexibility index (Phi) is 5.56. The van der Waals surface area contributed by atoms with Crippen LogP contribution in [0, 0.1) is 0 Å². The number of carbonyl (C=O) groups excluding carboxylic acids is 1. The van der Waals surface area contributed by atoms with Gasteiger partial charge in [0.2, 0.25) is 5.91 Å². The van der Waals surface area contributed by atoms with Gasteiger partial charge in [-0.05, 0) is 19.4 Å². The number of imidazole rings is 1. The number of nitrogens with two attached hydrogens (primary N) is 1. The van der Waals surface area contributed by atoms with Gasteiger partial charge in [-0.1, -0.05) is 6.42 Å². The summed E-state index contributed by atoms with van der Waals surface area (Å²) >= 11 is 0. The molecule has 0 atom stereocenters. The number of aromatic amines is 1. The zero-order valence-electron chi connectivity index (χ0n) is 9.78. The summed E-state index contributed by atoms with van der Waals surface area (Å²) in [4.78, 5) is 20.4. The van der Waals surface area contributed by atoms with Gasteiger partial charge in [-0.2, -0.15) is 0 Å². The van der Waals surface area contributed by atoms with Gasteiger partial charge in [0.05, 0.1) is 6.54 Å². The molecular weight excluding hydrogens is 204 g/mol. The molecule has 5 nitrogen and oxygen atoms in total. The molecule has 0 aliphatic heterocycles. The maximum Gasteiger partial charge on any atom is 0.222 e. The number of hydrogen-bond acceptors (Lipinski definition) is 3. The minimum absolute atomic E-state index is 0.161. The molecule has 0 spiro atoms. The summed E-state index contributed by atoms with van der Waals surface area (Å²) < 4.78 is 0. The molecule has 0 bridgehead atoms. The standard InChI is InChI=1S/C11H20N4O/c1-15(9-10-13-7-8-14-10)11(16)5-3-2-4-6-12/h7-8H,2-6,9,12H2,1H3,(H,13,14). The Morgan fingerprint density at radius 3 is 2.94 bits per heavy atom. The number of unbranched alkanes of at least 4 members (excludes halogenated alkanes) is 2. The maximum atomic E-state index is 11.7. The molecule has 90 valence electrons. The van der Waals surface area contributed by atoms with E-state index in [2.05, 4.69) is 9.97 Å². The summed E-state index contributed by atoms with van der Waals surface area (Å²) in [6.07, 6.45) is 6.98. The number of aromatic nitrogens is 2. The highest BCUT2D eigenvalue weighted by atomic mass is 16.2. The van der Waals surface area contributed by atoms with E-state index in [-0.39, 0.29) is 5.91 Å². The molecule has 0 unspecified atom stereocenters. The Hall–Kier alpha value is -1.36. The lowest BCUT2D eigenvalue weighted by Crippen LogP contribution is -2.26. The van der Waals surface area contributed by atoms with Crippen molar-refractivity contribution in [3.05, 3.63) is 18.2 Å². The first-order valence-electron chi connectivity index (χ1n) is 5.66. The first-order valence-corrected chi connectivity index (χ1v) is 5.66. The van der Waals surface area contributed by atoms with E-state index in [0.29, 0.717) is 19.5 Å². The molecule has 16 heavy (non-hydrogen) atoms. The van der Waals surface area contributed by atoms with Crippen molar-refractivity contribution in [3.63, 3.8) is 0 Å². The van der Waals surface area contributed by atoms with Crippen LogP contribution in [0.1, 0.15) is 31.5 Å². The van der Waals surface area contributed by atoms with E-state index in [9.17, 15) is 4.79 Å². The summed E-state index contributed by atoms with van der Waals surface area (Å²) in [7, 11) is 1.80. The predicted octanol–water partition coefficient (Wildman–Crippen LogP) is 0.887. The Bertz CT molecular complexity index is 297. The highest BCUT2D eigenvalue weighted by Gasteiger charge is 2.09. The number of amides is 1. The minimum Gasteiger partial charge on any atom is -0.347 e. The first-order chi connectivity index (χ1) is 7.74. The normalized spacial score (nSPS) is 10.4. The van der Waals surface area contributed by atoms with Crippen LogP contribution in [-0.4, -0.2) is 34.4 Å². The van der Waals surface area contributed by atoms with E-state index in [0.717, 1.165) is 25.1 Å². The lowest BCUT2D eigenvalue weighted by Gasteiger charge is -2.15. The van der Waals surface area contributed by atoms with E-state index < -0.39 is 0 Å². The van der Waals surface area contributed by atoms with Crippen molar-refractivity contribution in [1.82, 2.24) is 14.9 Å². The highest BCUT2D eigenvalue weighted by Crippen LogP contribution is 2.04. The summed E-state index contributed by atoms with van der Waals surface area (Å²) in [5, 5.41) is 0. The van der Waals surface area contributed by atoms with Crippen LogP contribution in [0.5, 0.6) is 0 Å². The molecule has 1 rings (SSSR count). The smallest absolute Gasteiger partial charge is 0.222 e. The van der Waals surface area contributed by atoms with Crippen molar-refractivity contribution < 1.29 is 4.79 Å². The Morgan fingerprint density at radius 2 is 2.31 bits per heavy atom. The highest BCUT2D eigenvalue weighted by molar-refractivity contribution is 5.75. The SMILES string of the molecule is CN(Cc1ncc[nH]1)C(=O)CCCCCN. The number of rotatable bonds is 7. The van der Waals surface area contributed by atoms with Crippen LogP contribution in [0.3, 0.4) is 0 Å². The van der Waals surface area contributed by atoms with Crippen LogP contribution in [0.2, 0.25) is 0 Å². The van der Waals surface area contributed by atoms with Crippen molar-refractivity contribution in [2.24, 2.45) is 5.73 Å². The van der Waals surface area contributed by atoms with Crippen LogP contribution >= 0.6 is 0 Å². The van der Waals surface area contributed by atoms with Crippen molar-refractivity contribution in [3.8, 4) is 0 Å². The van der Waals surface area contributed by atoms with Gasteiger partial charge in [-0.15, -0.1) is 0 Å². The topological polar surface area (TPSA) is 75.0 Å². The Balaban J connectivity index is 2.20. The number of H-pyrrole nitrogens is 1. The third-order valence-electron chi connectivity index (χ3n) is 2.46. The average Bonchev–Trinajstić information content (AvgIpc) is 2.76. The van der Waals surface area contributed by atoms with Crippen LogP contribution in [-0.2, 0) is 11.3 Å². The van der Waals surface area contributed by atoms with Gasteiger partial charge in [0.15, 0.2) is 0 Å². The number of carbonyl (C=O) groups is 1. The second-order valence-electron chi connectivity index (χ2n) is 3.89. The van der Waals surface area contributed by atoms with Crippen LogP contribution in [0.4, 0.5) is 0 Å². The lowest BCUT2D eigenvalue weighted by molar-refractivity contribution is -0.130. The van der Waals surface area contributed by atoms with Gasteiger partial charge in [0, 0.05) is 25.9 Å². The summed E-state index contributed by atoms with van der Waals surface area (Å²) in [6.45, 7) is 1.25. The van der Waals surface area contributed by atoms with E-state index in [1.165, 1.54) is 0 Å². The molecular formula is C11H20N4O. The van der Waals surface area contributed by atoms with E-state index >= 15 is 0 Å². The van der Waals surface area contributed by atoms with Crippen LogP contribution < -0.4 is 5.73 Å². The molecule has 0 radical (unpaired) electrons. The Labute approximate surface area is 96.0 Å².